The van der Waals surface area contributed by atoms with Gasteiger partial charge < -0.3 is 5.11 Å². The van der Waals surface area contributed by atoms with E-state index in [1.165, 1.54) is 4.31 Å². The van der Waals surface area contributed by atoms with E-state index in [0.717, 1.165) is 38.5 Å². The van der Waals surface area contributed by atoms with Crippen molar-refractivity contribution in [1.29, 1.82) is 0 Å². The summed E-state index contributed by atoms with van der Waals surface area (Å²) in [5.74, 6) is -0.0350. The molecular formula is C18H25ClN2O3S. The minimum Gasteiger partial charge on any atom is -0.378 e. The number of fused-ring (bicyclic) bond motifs is 2. The zero-order valence-electron chi connectivity index (χ0n) is 14.2. The van der Waals surface area contributed by atoms with E-state index in [1.807, 2.05) is 0 Å². The lowest BCUT2D eigenvalue weighted by atomic mass is 9.96. The van der Waals surface area contributed by atoms with Gasteiger partial charge in [0.15, 0.2) is 0 Å². The molecule has 1 aromatic rings. The third-order valence-corrected chi connectivity index (χ3v) is 8.48. The molecule has 3 saturated heterocycles. The predicted octanol–water partition coefficient (Wildman–Crippen LogP) is 2.69. The van der Waals surface area contributed by atoms with Crippen LogP contribution in [0, 0.1) is 5.92 Å². The fraction of sp³-hybridized carbons (Fsp3) is 0.667. The third kappa shape index (κ3) is 3.12. The van der Waals surface area contributed by atoms with Gasteiger partial charge in [-0.25, -0.2) is 8.42 Å². The first kappa shape index (κ1) is 17.7. The van der Waals surface area contributed by atoms with Crippen LogP contribution in [0.25, 0.3) is 0 Å². The van der Waals surface area contributed by atoms with Gasteiger partial charge in [0.05, 0.1) is 5.02 Å². The fourth-order valence-electron chi connectivity index (χ4n) is 4.86. The first-order chi connectivity index (χ1) is 12.0. The molecule has 5 nitrogen and oxygen atoms in total. The molecule has 138 valence electrons. The van der Waals surface area contributed by atoms with Crippen molar-refractivity contribution in [3.63, 3.8) is 0 Å². The van der Waals surface area contributed by atoms with Crippen LogP contribution in [0.1, 0.15) is 38.5 Å². The fourth-order valence-corrected chi connectivity index (χ4v) is 6.89. The van der Waals surface area contributed by atoms with E-state index in [1.54, 1.807) is 24.3 Å². The molecule has 3 heterocycles. The summed E-state index contributed by atoms with van der Waals surface area (Å²) in [6, 6.07) is 7.54. The SMILES string of the molecule is O=S(=O)(c1ccccc1Cl)N1CCC[C@H](C(O)N2C3CCC2CC3)C1. The van der Waals surface area contributed by atoms with Crippen LogP contribution in [0.5, 0.6) is 0 Å². The van der Waals surface area contributed by atoms with Crippen LogP contribution < -0.4 is 0 Å². The second-order valence-electron chi connectivity index (χ2n) is 7.52. The standard InChI is InChI=1S/C18H25ClN2O3S/c19-16-5-1-2-6-17(16)25(23,24)20-11-3-4-13(12-20)18(22)21-14-7-8-15(21)10-9-14/h1-2,5-6,13-15,18,22H,3-4,7-12H2/t13-,14?,15?,18?/m0/s1. The lowest BCUT2D eigenvalue weighted by molar-refractivity contribution is -0.0631. The molecular weight excluding hydrogens is 360 g/mol. The van der Waals surface area contributed by atoms with E-state index < -0.39 is 16.3 Å². The first-order valence-corrected chi connectivity index (χ1v) is 11.0. The molecule has 0 saturated carbocycles. The molecule has 3 fully saturated rings. The van der Waals surface area contributed by atoms with Gasteiger partial charge >= 0.3 is 0 Å². The Hall–Kier alpha value is -0.660. The smallest absolute Gasteiger partial charge is 0.244 e. The second kappa shape index (κ2) is 6.82. The monoisotopic (exact) mass is 384 g/mol. The molecule has 0 amide bonds. The molecule has 4 rings (SSSR count). The van der Waals surface area contributed by atoms with E-state index in [4.69, 9.17) is 11.6 Å². The Balaban J connectivity index is 1.52. The van der Waals surface area contributed by atoms with Gasteiger partial charge in [-0.15, -0.1) is 0 Å². The Bertz CT molecular complexity index is 722. The van der Waals surface area contributed by atoms with Crippen molar-refractivity contribution in [2.75, 3.05) is 13.1 Å². The Morgan fingerprint density at radius 1 is 1.08 bits per heavy atom. The van der Waals surface area contributed by atoms with Crippen molar-refractivity contribution in [3.05, 3.63) is 29.3 Å². The van der Waals surface area contributed by atoms with E-state index in [0.29, 0.717) is 25.2 Å². The number of hydrogen-bond acceptors (Lipinski definition) is 4. The number of benzene rings is 1. The van der Waals surface area contributed by atoms with E-state index in [2.05, 4.69) is 4.90 Å². The predicted molar refractivity (Wildman–Crippen MR) is 96.8 cm³/mol. The Morgan fingerprint density at radius 2 is 1.72 bits per heavy atom. The lowest BCUT2D eigenvalue weighted by Gasteiger charge is -2.39. The minimum atomic E-state index is -3.62. The van der Waals surface area contributed by atoms with Gasteiger partial charge in [-0.05, 0) is 50.7 Å². The molecule has 2 bridgehead atoms. The van der Waals surface area contributed by atoms with Gasteiger partial charge in [-0.3, -0.25) is 4.90 Å². The number of nitrogens with zero attached hydrogens (tertiary/aromatic N) is 2. The molecule has 1 aromatic carbocycles. The molecule has 0 aromatic heterocycles. The average molecular weight is 385 g/mol. The Morgan fingerprint density at radius 3 is 2.36 bits per heavy atom. The summed E-state index contributed by atoms with van der Waals surface area (Å²) in [7, 11) is -3.62. The van der Waals surface area contributed by atoms with Crippen LogP contribution in [0.2, 0.25) is 5.02 Å². The maximum atomic E-state index is 13.0. The van der Waals surface area contributed by atoms with E-state index >= 15 is 0 Å². The number of halogens is 1. The number of sulfonamides is 1. The number of hydrogen-bond donors (Lipinski definition) is 1. The summed E-state index contributed by atoms with van der Waals surface area (Å²) >= 11 is 6.11. The van der Waals surface area contributed by atoms with Crippen LogP contribution in [0.15, 0.2) is 29.2 Å². The average Bonchev–Trinajstić information content (AvgIpc) is 3.22. The molecule has 1 N–H and O–H groups in total. The Labute approximate surface area is 154 Å². The molecule has 25 heavy (non-hydrogen) atoms. The number of aliphatic hydroxyl groups excluding tert-OH is 1. The highest BCUT2D eigenvalue weighted by atomic mass is 35.5. The number of aliphatic hydroxyl groups is 1. The van der Waals surface area contributed by atoms with Gasteiger partial charge in [-0.1, -0.05) is 23.7 Å². The van der Waals surface area contributed by atoms with Gasteiger partial charge in [0.25, 0.3) is 0 Å². The number of rotatable bonds is 4. The van der Waals surface area contributed by atoms with Crippen LogP contribution in [0.4, 0.5) is 0 Å². The van der Waals surface area contributed by atoms with Crippen molar-refractivity contribution < 1.29 is 13.5 Å². The van der Waals surface area contributed by atoms with Crippen molar-refractivity contribution in [2.24, 2.45) is 5.92 Å². The summed E-state index contributed by atoms with van der Waals surface area (Å²) in [5.41, 5.74) is 0. The van der Waals surface area contributed by atoms with Gasteiger partial charge in [0.1, 0.15) is 11.1 Å². The summed E-state index contributed by atoms with van der Waals surface area (Å²) in [6.07, 6.45) is 5.75. The largest absolute Gasteiger partial charge is 0.378 e. The topological polar surface area (TPSA) is 60.9 Å². The van der Waals surface area contributed by atoms with Crippen molar-refractivity contribution >= 4 is 21.6 Å². The molecule has 3 aliphatic rings. The zero-order chi connectivity index (χ0) is 17.6. The third-order valence-electron chi connectivity index (χ3n) is 6.11. The highest BCUT2D eigenvalue weighted by molar-refractivity contribution is 7.89. The van der Waals surface area contributed by atoms with Gasteiger partial charge in [0, 0.05) is 31.1 Å². The molecule has 0 radical (unpaired) electrons. The van der Waals surface area contributed by atoms with Crippen LogP contribution >= 0.6 is 11.6 Å². The Kier molecular flexibility index (Phi) is 4.84. The van der Waals surface area contributed by atoms with Crippen LogP contribution in [0.3, 0.4) is 0 Å². The normalized spacial score (nSPS) is 32.2. The van der Waals surface area contributed by atoms with E-state index in [-0.39, 0.29) is 15.8 Å². The lowest BCUT2D eigenvalue weighted by Crippen LogP contribution is -2.50. The summed E-state index contributed by atoms with van der Waals surface area (Å²) in [5, 5.41) is 11.2. The number of piperidine rings is 1. The van der Waals surface area contributed by atoms with Crippen molar-refractivity contribution in [1.82, 2.24) is 9.21 Å². The zero-order valence-corrected chi connectivity index (χ0v) is 15.8. The first-order valence-electron chi connectivity index (χ1n) is 9.18. The summed E-state index contributed by atoms with van der Waals surface area (Å²) < 4.78 is 27.5. The van der Waals surface area contributed by atoms with Gasteiger partial charge in [-0.2, -0.15) is 4.31 Å². The molecule has 0 spiro atoms. The van der Waals surface area contributed by atoms with E-state index in [9.17, 15) is 13.5 Å². The van der Waals surface area contributed by atoms with Crippen molar-refractivity contribution in [3.8, 4) is 0 Å². The van der Waals surface area contributed by atoms with Crippen LogP contribution in [-0.4, -0.2) is 54.1 Å². The maximum Gasteiger partial charge on any atom is 0.244 e. The molecule has 2 atom stereocenters. The molecule has 0 aliphatic carbocycles. The van der Waals surface area contributed by atoms with Crippen molar-refractivity contribution in [2.45, 2.75) is 61.7 Å². The molecule has 1 unspecified atom stereocenters. The highest BCUT2D eigenvalue weighted by Crippen LogP contribution is 2.41. The molecule has 3 aliphatic heterocycles. The minimum absolute atomic E-state index is 0.0350. The summed E-state index contributed by atoms with van der Waals surface area (Å²) in [6.45, 7) is 0.855. The quantitative estimate of drug-likeness (QED) is 0.867. The van der Waals surface area contributed by atoms with Crippen LogP contribution in [-0.2, 0) is 10.0 Å². The summed E-state index contributed by atoms with van der Waals surface area (Å²) in [4.78, 5) is 2.42. The highest BCUT2D eigenvalue weighted by Gasteiger charge is 2.46. The van der Waals surface area contributed by atoms with Gasteiger partial charge in [0.2, 0.25) is 10.0 Å². The second-order valence-corrected chi connectivity index (χ2v) is 9.83. The maximum absolute atomic E-state index is 13.0. The molecule has 7 heteroatoms.